The van der Waals surface area contributed by atoms with Crippen LogP contribution in [0.25, 0.3) is 0 Å². The van der Waals surface area contributed by atoms with Gasteiger partial charge in [-0.15, -0.1) is 0 Å². The highest BCUT2D eigenvalue weighted by Crippen LogP contribution is 2.03. The van der Waals surface area contributed by atoms with Crippen LogP contribution in [-0.4, -0.2) is 4.98 Å². The lowest BCUT2D eigenvalue weighted by molar-refractivity contribution is 1.31. The van der Waals surface area contributed by atoms with Gasteiger partial charge >= 0.3 is 0 Å². The first-order valence-electron chi connectivity index (χ1n) is 3.30. The number of hydrogen-bond acceptors (Lipinski definition) is 2. The van der Waals surface area contributed by atoms with E-state index in [1.807, 2.05) is 6.07 Å². The van der Waals surface area contributed by atoms with Crippen molar-refractivity contribution >= 4 is 11.6 Å². The second-order valence-electron chi connectivity index (χ2n) is 2.01. The standard InChI is InChI=1S/C9H5ClN2/c10-9-5-4-8(7-12-9)3-1-2-6-11/h4-5,7H,2H2. The molecule has 0 aromatic carbocycles. The minimum Gasteiger partial charge on any atom is -0.243 e. The van der Waals surface area contributed by atoms with Crippen LogP contribution in [0, 0.1) is 23.2 Å². The zero-order valence-corrected chi connectivity index (χ0v) is 6.97. The second-order valence-corrected chi connectivity index (χ2v) is 2.39. The fourth-order valence-electron chi connectivity index (χ4n) is 0.636. The largest absolute Gasteiger partial charge is 0.243 e. The highest BCUT2D eigenvalue weighted by Gasteiger charge is 1.87. The van der Waals surface area contributed by atoms with Crippen molar-refractivity contribution in [3.63, 3.8) is 0 Å². The predicted octanol–water partition coefficient (Wildman–Crippen LogP) is 2.00. The summed E-state index contributed by atoms with van der Waals surface area (Å²) in [5.41, 5.74) is 0.773. The topological polar surface area (TPSA) is 36.7 Å². The van der Waals surface area contributed by atoms with Gasteiger partial charge in [-0.3, -0.25) is 0 Å². The van der Waals surface area contributed by atoms with Gasteiger partial charge in [0.2, 0.25) is 0 Å². The van der Waals surface area contributed by atoms with Crippen molar-refractivity contribution in [2.75, 3.05) is 0 Å². The predicted molar refractivity (Wildman–Crippen MR) is 46.4 cm³/mol. The maximum atomic E-state index is 8.20. The first-order chi connectivity index (χ1) is 5.83. The highest BCUT2D eigenvalue weighted by molar-refractivity contribution is 6.29. The Morgan fingerprint density at radius 3 is 2.92 bits per heavy atom. The van der Waals surface area contributed by atoms with Gasteiger partial charge in [0.25, 0.3) is 0 Å². The smallest absolute Gasteiger partial charge is 0.129 e. The van der Waals surface area contributed by atoms with Gasteiger partial charge in [-0.05, 0) is 12.1 Å². The summed E-state index contributed by atoms with van der Waals surface area (Å²) in [6, 6.07) is 5.36. The molecule has 0 unspecified atom stereocenters. The molecule has 0 N–H and O–H groups in total. The number of halogens is 1. The maximum Gasteiger partial charge on any atom is 0.129 e. The molecule has 0 amide bonds. The fraction of sp³-hybridized carbons (Fsp3) is 0.111. The van der Waals surface area contributed by atoms with Crippen molar-refractivity contribution in [3.05, 3.63) is 29.0 Å². The van der Waals surface area contributed by atoms with E-state index >= 15 is 0 Å². The van der Waals surface area contributed by atoms with Gasteiger partial charge in [-0.2, -0.15) is 5.26 Å². The summed E-state index contributed by atoms with van der Waals surface area (Å²) in [5, 5.41) is 8.64. The lowest BCUT2D eigenvalue weighted by atomic mass is 10.3. The van der Waals surface area contributed by atoms with Crippen LogP contribution < -0.4 is 0 Å². The first kappa shape index (κ1) is 8.59. The van der Waals surface area contributed by atoms with Crippen LogP contribution in [-0.2, 0) is 0 Å². The van der Waals surface area contributed by atoms with Gasteiger partial charge in [-0.25, -0.2) is 4.98 Å². The van der Waals surface area contributed by atoms with Crippen LogP contribution in [0.4, 0.5) is 0 Å². The van der Waals surface area contributed by atoms with Crippen LogP contribution >= 0.6 is 11.6 Å². The normalized spacial score (nSPS) is 8.00. The molecule has 1 aromatic rings. The van der Waals surface area contributed by atoms with Crippen LogP contribution in [0.2, 0.25) is 5.15 Å². The van der Waals surface area contributed by atoms with Crippen LogP contribution in [0.1, 0.15) is 12.0 Å². The molecule has 0 radical (unpaired) electrons. The zero-order valence-electron chi connectivity index (χ0n) is 6.21. The summed E-state index contributed by atoms with van der Waals surface area (Å²) < 4.78 is 0. The summed E-state index contributed by atoms with van der Waals surface area (Å²) in [5.74, 6) is 5.46. The number of pyridine rings is 1. The molecule has 1 rings (SSSR count). The van der Waals surface area contributed by atoms with E-state index in [1.165, 1.54) is 0 Å². The summed E-state index contributed by atoms with van der Waals surface area (Å²) in [4.78, 5) is 3.84. The number of nitrogens with zero attached hydrogens (tertiary/aromatic N) is 2. The molecule has 12 heavy (non-hydrogen) atoms. The van der Waals surface area contributed by atoms with Crippen molar-refractivity contribution < 1.29 is 0 Å². The number of rotatable bonds is 0. The Bertz CT molecular complexity index is 351. The minimum absolute atomic E-state index is 0.239. The van der Waals surface area contributed by atoms with Crippen molar-refractivity contribution in [2.24, 2.45) is 0 Å². The van der Waals surface area contributed by atoms with Crippen molar-refractivity contribution in [2.45, 2.75) is 6.42 Å². The molecule has 0 fully saturated rings. The minimum atomic E-state index is 0.239. The number of aromatic nitrogens is 1. The van der Waals surface area contributed by atoms with E-state index in [9.17, 15) is 0 Å². The van der Waals surface area contributed by atoms with E-state index in [0.29, 0.717) is 5.15 Å². The highest BCUT2D eigenvalue weighted by atomic mass is 35.5. The molecule has 1 heterocycles. The Hall–Kier alpha value is -1.51. The zero-order chi connectivity index (χ0) is 8.81. The molecule has 0 aliphatic carbocycles. The van der Waals surface area contributed by atoms with Crippen LogP contribution in [0.3, 0.4) is 0 Å². The lowest BCUT2D eigenvalue weighted by Gasteiger charge is -1.88. The first-order valence-corrected chi connectivity index (χ1v) is 3.68. The van der Waals surface area contributed by atoms with E-state index < -0.39 is 0 Å². The summed E-state index contributed by atoms with van der Waals surface area (Å²) in [7, 11) is 0. The van der Waals surface area contributed by atoms with Gasteiger partial charge in [0.1, 0.15) is 5.15 Å². The molecule has 2 nitrogen and oxygen atoms in total. The third-order valence-electron chi connectivity index (χ3n) is 1.13. The molecule has 0 aliphatic heterocycles. The summed E-state index contributed by atoms with van der Waals surface area (Å²) >= 11 is 5.56. The molecular formula is C9H5ClN2. The Morgan fingerprint density at radius 2 is 2.33 bits per heavy atom. The number of nitriles is 1. The molecule has 58 valence electrons. The molecule has 0 atom stereocenters. The van der Waals surface area contributed by atoms with Crippen molar-refractivity contribution in [1.29, 1.82) is 5.26 Å². The van der Waals surface area contributed by atoms with Crippen molar-refractivity contribution in [3.8, 4) is 17.9 Å². The van der Waals surface area contributed by atoms with E-state index in [-0.39, 0.29) is 6.42 Å². The van der Waals surface area contributed by atoms with Gasteiger partial charge in [0.15, 0.2) is 0 Å². The Balaban J connectivity index is 2.74. The Kier molecular flexibility index (Phi) is 3.14. The molecule has 0 saturated heterocycles. The quantitative estimate of drug-likeness (QED) is 0.448. The third-order valence-corrected chi connectivity index (χ3v) is 1.35. The summed E-state index contributed by atoms with van der Waals surface area (Å²) in [6.07, 6.45) is 1.81. The second kappa shape index (κ2) is 4.38. The molecule has 1 aromatic heterocycles. The average molecular weight is 177 g/mol. The number of hydrogen-bond donors (Lipinski definition) is 0. The fourth-order valence-corrected chi connectivity index (χ4v) is 0.747. The van der Waals surface area contributed by atoms with Crippen LogP contribution in [0.15, 0.2) is 18.3 Å². The SMILES string of the molecule is N#CCC#Cc1ccc(Cl)nc1. The van der Waals surface area contributed by atoms with E-state index in [2.05, 4.69) is 16.8 Å². The third kappa shape index (κ3) is 2.62. The summed E-state index contributed by atoms with van der Waals surface area (Å²) in [6.45, 7) is 0. The molecule has 0 saturated carbocycles. The Labute approximate surface area is 75.8 Å². The van der Waals surface area contributed by atoms with Gasteiger partial charge < -0.3 is 0 Å². The van der Waals surface area contributed by atoms with Gasteiger partial charge in [-0.1, -0.05) is 23.4 Å². The van der Waals surface area contributed by atoms with Crippen molar-refractivity contribution in [1.82, 2.24) is 4.98 Å². The maximum absolute atomic E-state index is 8.20. The van der Waals surface area contributed by atoms with E-state index in [0.717, 1.165) is 5.56 Å². The molecule has 0 aliphatic rings. The molecular weight excluding hydrogens is 172 g/mol. The molecule has 0 spiro atoms. The Morgan fingerprint density at radius 1 is 1.50 bits per heavy atom. The van der Waals surface area contributed by atoms with E-state index in [1.54, 1.807) is 18.3 Å². The lowest BCUT2D eigenvalue weighted by Crippen LogP contribution is -1.77. The van der Waals surface area contributed by atoms with Gasteiger partial charge in [0, 0.05) is 11.8 Å². The molecule has 3 heteroatoms. The van der Waals surface area contributed by atoms with Crippen LogP contribution in [0.5, 0.6) is 0 Å². The monoisotopic (exact) mass is 176 g/mol. The molecule has 0 bridgehead atoms. The van der Waals surface area contributed by atoms with E-state index in [4.69, 9.17) is 16.9 Å². The van der Waals surface area contributed by atoms with Gasteiger partial charge in [0.05, 0.1) is 12.5 Å². The average Bonchev–Trinajstić information content (AvgIpc) is 2.09.